The molecular weight excluding hydrogens is 279 g/mol. The molecule has 0 saturated carbocycles. The van der Waals surface area contributed by atoms with Crippen LogP contribution in [0.4, 0.5) is 10.1 Å². The summed E-state index contributed by atoms with van der Waals surface area (Å²) in [5, 5.41) is 14.8. The minimum atomic E-state index is -0.726. The zero-order valence-electron chi connectivity index (χ0n) is 10.6. The number of fused-ring (bicyclic) bond motifs is 1. The SMILES string of the molecule is O=c1n(Cc2cc(F)cc([N+](=O)[O-])c2)nc2ccccn12. The molecule has 0 bridgehead atoms. The van der Waals surface area contributed by atoms with Crippen molar-refractivity contribution in [3.63, 3.8) is 0 Å². The standard InChI is InChI=1S/C13H9FN4O3/c14-10-5-9(6-11(7-10)18(20)21)8-17-13(19)16-4-2-1-3-12(16)15-17/h1-7H,8H2. The number of pyridine rings is 1. The lowest BCUT2D eigenvalue weighted by Gasteiger charge is -2.01. The van der Waals surface area contributed by atoms with Crippen molar-refractivity contribution in [1.82, 2.24) is 14.2 Å². The van der Waals surface area contributed by atoms with E-state index in [1.807, 2.05) is 0 Å². The van der Waals surface area contributed by atoms with E-state index in [1.165, 1.54) is 10.5 Å². The molecule has 0 atom stereocenters. The number of hydrogen-bond donors (Lipinski definition) is 0. The predicted octanol–water partition coefficient (Wildman–Crippen LogP) is 1.59. The van der Waals surface area contributed by atoms with Crippen LogP contribution in [0.3, 0.4) is 0 Å². The van der Waals surface area contributed by atoms with Crippen LogP contribution in [0, 0.1) is 15.9 Å². The first-order chi connectivity index (χ1) is 10.0. The van der Waals surface area contributed by atoms with Gasteiger partial charge >= 0.3 is 5.69 Å². The van der Waals surface area contributed by atoms with Crippen LogP contribution in [-0.4, -0.2) is 19.1 Å². The van der Waals surface area contributed by atoms with Gasteiger partial charge in [0.05, 0.1) is 17.5 Å². The minimum Gasteiger partial charge on any atom is -0.258 e. The molecule has 0 unspecified atom stereocenters. The number of halogens is 1. The average molecular weight is 288 g/mol. The molecule has 0 N–H and O–H groups in total. The number of nitro groups is 1. The molecule has 0 spiro atoms. The Balaban J connectivity index is 2.04. The van der Waals surface area contributed by atoms with Gasteiger partial charge in [0.25, 0.3) is 5.69 Å². The van der Waals surface area contributed by atoms with Crippen LogP contribution in [-0.2, 0) is 6.54 Å². The zero-order chi connectivity index (χ0) is 15.0. The third-order valence-corrected chi connectivity index (χ3v) is 2.97. The molecule has 106 valence electrons. The average Bonchev–Trinajstić information content (AvgIpc) is 2.75. The lowest BCUT2D eigenvalue weighted by atomic mass is 10.2. The first-order valence-electron chi connectivity index (χ1n) is 6.02. The van der Waals surface area contributed by atoms with Gasteiger partial charge in [-0.25, -0.2) is 13.9 Å². The third kappa shape index (κ3) is 2.38. The van der Waals surface area contributed by atoms with E-state index in [9.17, 15) is 19.3 Å². The highest BCUT2D eigenvalue weighted by molar-refractivity contribution is 5.37. The number of hydrogen-bond acceptors (Lipinski definition) is 4. The second-order valence-electron chi connectivity index (χ2n) is 4.44. The monoisotopic (exact) mass is 288 g/mol. The van der Waals surface area contributed by atoms with E-state index < -0.39 is 16.4 Å². The van der Waals surface area contributed by atoms with Crippen LogP contribution < -0.4 is 5.69 Å². The summed E-state index contributed by atoms with van der Waals surface area (Å²) in [5.74, 6) is -0.726. The molecule has 21 heavy (non-hydrogen) atoms. The fourth-order valence-corrected chi connectivity index (χ4v) is 2.07. The van der Waals surface area contributed by atoms with Crippen molar-refractivity contribution in [3.05, 3.63) is 74.6 Å². The zero-order valence-corrected chi connectivity index (χ0v) is 10.6. The van der Waals surface area contributed by atoms with Crippen molar-refractivity contribution >= 4 is 11.3 Å². The van der Waals surface area contributed by atoms with E-state index in [0.717, 1.165) is 16.8 Å². The second-order valence-corrected chi connectivity index (χ2v) is 4.44. The van der Waals surface area contributed by atoms with Crippen molar-refractivity contribution < 1.29 is 9.31 Å². The van der Waals surface area contributed by atoms with E-state index in [0.29, 0.717) is 11.2 Å². The fourth-order valence-electron chi connectivity index (χ4n) is 2.07. The van der Waals surface area contributed by atoms with Gasteiger partial charge in [-0.2, -0.15) is 0 Å². The second kappa shape index (κ2) is 4.82. The number of nitrogens with zero attached hydrogens (tertiary/aromatic N) is 4. The maximum absolute atomic E-state index is 13.4. The summed E-state index contributed by atoms with van der Waals surface area (Å²) in [6.07, 6.45) is 1.56. The maximum atomic E-state index is 13.4. The predicted molar refractivity (Wildman–Crippen MR) is 71.6 cm³/mol. The molecule has 0 fully saturated rings. The summed E-state index contributed by atoms with van der Waals surface area (Å²) in [6, 6.07) is 8.28. The van der Waals surface area contributed by atoms with Crippen molar-refractivity contribution in [2.75, 3.05) is 0 Å². The van der Waals surface area contributed by atoms with Gasteiger partial charge in [-0.3, -0.25) is 14.5 Å². The number of rotatable bonds is 3. The van der Waals surface area contributed by atoms with Crippen LogP contribution in [0.5, 0.6) is 0 Å². The Bertz CT molecular complexity index is 900. The molecule has 0 aliphatic rings. The number of aromatic nitrogens is 3. The van der Waals surface area contributed by atoms with Gasteiger partial charge in [-0.1, -0.05) is 6.07 Å². The number of nitro benzene ring substituents is 1. The van der Waals surface area contributed by atoms with Crippen molar-refractivity contribution in [1.29, 1.82) is 0 Å². The summed E-state index contributed by atoms with van der Waals surface area (Å²) < 4.78 is 15.9. The van der Waals surface area contributed by atoms with Gasteiger partial charge in [0, 0.05) is 12.3 Å². The van der Waals surface area contributed by atoms with Gasteiger partial charge in [0.15, 0.2) is 5.65 Å². The van der Waals surface area contributed by atoms with Gasteiger partial charge in [0.1, 0.15) is 5.82 Å². The van der Waals surface area contributed by atoms with E-state index >= 15 is 0 Å². The van der Waals surface area contributed by atoms with Crippen LogP contribution in [0.2, 0.25) is 0 Å². The Kier molecular flexibility index (Phi) is 2.98. The first kappa shape index (κ1) is 13.0. The van der Waals surface area contributed by atoms with Crippen LogP contribution >= 0.6 is 0 Å². The molecule has 0 saturated heterocycles. The van der Waals surface area contributed by atoms with Crippen LogP contribution in [0.1, 0.15) is 5.56 Å². The van der Waals surface area contributed by atoms with Crippen LogP contribution in [0.15, 0.2) is 47.4 Å². The largest absolute Gasteiger partial charge is 0.350 e. The molecule has 0 aliphatic heterocycles. The molecule has 1 aromatic carbocycles. The molecule has 7 nitrogen and oxygen atoms in total. The molecule has 2 aromatic heterocycles. The number of non-ortho nitro benzene ring substituents is 1. The van der Waals surface area contributed by atoms with E-state index in [1.54, 1.807) is 24.4 Å². The van der Waals surface area contributed by atoms with Gasteiger partial charge in [0.2, 0.25) is 0 Å². The highest BCUT2D eigenvalue weighted by atomic mass is 19.1. The molecule has 3 aromatic rings. The van der Waals surface area contributed by atoms with Crippen molar-refractivity contribution in [2.45, 2.75) is 6.54 Å². The van der Waals surface area contributed by atoms with Gasteiger partial charge in [-0.15, -0.1) is 5.10 Å². The Morgan fingerprint density at radius 1 is 1.29 bits per heavy atom. The maximum Gasteiger partial charge on any atom is 0.350 e. The summed E-state index contributed by atoms with van der Waals surface area (Å²) in [6.45, 7) is -0.0425. The van der Waals surface area contributed by atoms with Crippen molar-refractivity contribution in [2.24, 2.45) is 0 Å². The summed E-state index contributed by atoms with van der Waals surface area (Å²) >= 11 is 0. The topological polar surface area (TPSA) is 82.4 Å². The van der Waals surface area contributed by atoms with Crippen LogP contribution in [0.25, 0.3) is 5.65 Å². The fraction of sp³-hybridized carbons (Fsp3) is 0.0769. The molecule has 8 heteroatoms. The summed E-state index contributed by atoms with van der Waals surface area (Å²) in [5.41, 5.74) is -0.0000589. The Morgan fingerprint density at radius 2 is 2.10 bits per heavy atom. The van der Waals surface area contributed by atoms with E-state index in [2.05, 4.69) is 5.10 Å². The molecule has 0 aliphatic carbocycles. The number of benzene rings is 1. The van der Waals surface area contributed by atoms with Gasteiger partial charge in [-0.05, 0) is 23.8 Å². The van der Waals surface area contributed by atoms with Crippen molar-refractivity contribution in [3.8, 4) is 0 Å². The lowest BCUT2D eigenvalue weighted by Crippen LogP contribution is -2.21. The Labute approximate surface area is 117 Å². The summed E-state index contributed by atoms with van der Waals surface area (Å²) in [7, 11) is 0. The van der Waals surface area contributed by atoms with E-state index in [-0.39, 0.29) is 12.2 Å². The normalized spacial score (nSPS) is 10.9. The quantitative estimate of drug-likeness (QED) is 0.541. The highest BCUT2D eigenvalue weighted by Gasteiger charge is 2.12. The smallest absolute Gasteiger partial charge is 0.258 e. The molecule has 3 rings (SSSR count). The summed E-state index contributed by atoms with van der Waals surface area (Å²) in [4.78, 5) is 22.1. The molecule has 0 amide bonds. The highest BCUT2D eigenvalue weighted by Crippen LogP contribution is 2.16. The third-order valence-electron chi connectivity index (χ3n) is 2.97. The first-order valence-corrected chi connectivity index (χ1v) is 6.02. The lowest BCUT2D eigenvalue weighted by molar-refractivity contribution is -0.385. The van der Waals surface area contributed by atoms with Gasteiger partial charge < -0.3 is 0 Å². The molecule has 2 heterocycles. The van der Waals surface area contributed by atoms with E-state index in [4.69, 9.17) is 0 Å². The molecule has 0 radical (unpaired) electrons. The minimum absolute atomic E-state index is 0.0425. The Morgan fingerprint density at radius 3 is 2.81 bits per heavy atom. The Hall–Kier alpha value is -3.03. The molecular formula is C13H9FN4O3.